The Morgan fingerprint density at radius 2 is 1.81 bits per heavy atom. The number of ether oxygens (including phenoxy) is 1. The van der Waals surface area contributed by atoms with Gasteiger partial charge >= 0.3 is 0 Å². The van der Waals surface area contributed by atoms with Crippen molar-refractivity contribution in [1.82, 2.24) is 5.32 Å². The number of hydrogen-bond acceptors (Lipinski definition) is 4. The molecule has 1 unspecified atom stereocenters. The molecular formula is C20H29N3O3. The topological polar surface area (TPSA) is 70.7 Å². The highest BCUT2D eigenvalue weighted by Gasteiger charge is 2.36. The second-order valence-corrected chi connectivity index (χ2v) is 7.67. The van der Waals surface area contributed by atoms with Gasteiger partial charge in [-0.25, -0.2) is 0 Å². The molecule has 2 saturated heterocycles. The Kier molecular flexibility index (Phi) is 5.81. The lowest BCUT2D eigenvalue weighted by Gasteiger charge is -2.24. The van der Waals surface area contributed by atoms with Gasteiger partial charge in [-0.3, -0.25) is 9.59 Å². The van der Waals surface area contributed by atoms with E-state index in [9.17, 15) is 9.59 Å². The first-order valence-corrected chi connectivity index (χ1v) is 9.53. The number of carbonyl (C=O) groups excluding carboxylic acids is 2. The van der Waals surface area contributed by atoms with Crippen molar-refractivity contribution in [2.24, 2.45) is 5.41 Å². The first-order valence-electron chi connectivity index (χ1n) is 9.53. The van der Waals surface area contributed by atoms with Gasteiger partial charge in [0.05, 0.1) is 6.10 Å². The van der Waals surface area contributed by atoms with Gasteiger partial charge in [0.2, 0.25) is 11.8 Å². The van der Waals surface area contributed by atoms with Crippen LogP contribution in [0.25, 0.3) is 0 Å². The molecule has 1 aromatic carbocycles. The average molecular weight is 359 g/mol. The van der Waals surface area contributed by atoms with Crippen molar-refractivity contribution >= 4 is 23.2 Å². The minimum atomic E-state index is -1.15. The van der Waals surface area contributed by atoms with Gasteiger partial charge in [-0.1, -0.05) is 0 Å². The van der Waals surface area contributed by atoms with E-state index in [4.69, 9.17) is 4.74 Å². The number of hydrogen-bond donors (Lipinski definition) is 2. The van der Waals surface area contributed by atoms with E-state index in [1.54, 1.807) is 13.8 Å². The molecule has 2 N–H and O–H groups in total. The normalized spacial score (nSPS) is 20.2. The van der Waals surface area contributed by atoms with Crippen molar-refractivity contribution in [2.45, 2.75) is 45.6 Å². The van der Waals surface area contributed by atoms with Gasteiger partial charge in [0, 0.05) is 37.6 Å². The van der Waals surface area contributed by atoms with Gasteiger partial charge in [-0.05, 0) is 63.8 Å². The largest absolute Gasteiger partial charge is 0.376 e. The Morgan fingerprint density at radius 3 is 2.42 bits per heavy atom. The van der Waals surface area contributed by atoms with Crippen LogP contribution in [0.4, 0.5) is 11.4 Å². The maximum Gasteiger partial charge on any atom is 0.239 e. The highest BCUT2D eigenvalue weighted by atomic mass is 16.5. The molecule has 2 aliphatic heterocycles. The number of rotatable bonds is 6. The number of nitrogens with zero attached hydrogens (tertiary/aromatic N) is 1. The fourth-order valence-electron chi connectivity index (χ4n) is 3.35. The molecule has 2 amide bonds. The van der Waals surface area contributed by atoms with Crippen molar-refractivity contribution in [3.05, 3.63) is 24.3 Å². The van der Waals surface area contributed by atoms with E-state index in [1.807, 2.05) is 24.3 Å². The molecule has 142 valence electrons. The van der Waals surface area contributed by atoms with Crippen LogP contribution in [0.1, 0.15) is 39.5 Å². The molecule has 26 heavy (non-hydrogen) atoms. The quantitative estimate of drug-likeness (QED) is 0.766. The van der Waals surface area contributed by atoms with E-state index in [1.165, 1.54) is 18.5 Å². The molecule has 0 bridgehead atoms. The highest BCUT2D eigenvalue weighted by molar-refractivity contribution is 6.09. The molecule has 0 saturated carbocycles. The molecule has 2 heterocycles. The molecule has 6 heteroatoms. The van der Waals surface area contributed by atoms with E-state index in [2.05, 4.69) is 15.5 Å². The van der Waals surface area contributed by atoms with Crippen LogP contribution in [0, 0.1) is 5.41 Å². The summed E-state index contributed by atoms with van der Waals surface area (Å²) in [6.07, 6.45) is 4.51. The number of nitrogens with one attached hydrogen (secondary N) is 2. The van der Waals surface area contributed by atoms with Gasteiger partial charge in [0.1, 0.15) is 5.41 Å². The second kappa shape index (κ2) is 8.08. The minimum Gasteiger partial charge on any atom is -0.376 e. The molecule has 3 rings (SSSR count). The summed E-state index contributed by atoms with van der Waals surface area (Å²) in [7, 11) is 0. The molecule has 2 aliphatic rings. The van der Waals surface area contributed by atoms with Crippen LogP contribution in [0.3, 0.4) is 0 Å². The Hall–Kier alpha value is -2.08. The number of anilines is 2. The van der Waals surface area contributed by atoms with E-state index < -0.39 is 5.41 Å². The summed E-state index contributed by atoms with van der Waals surface area (Å²) in [6, 6.07) is 7.83. The van der Waals surface area contributed by atoms with Gasteiger partial charge in [0.25, 0.3) is 0 Å². The first kappa shape index (κ1) is 18.7. The Bertz CT molecular complexity index is 630. The Morgan fingerprint density at radius 1 is 1.12 bits per heavy atom. The second-order valence-electron chi connectivity index (χ2n) is 7.67. The fourth-order valence-corrected chi connectivity index (χ4v) is 3.35. The van der Waals surface area contributed by atoms with E-state index >= 15 is 0 Å². The van der Waals surface area contributed by atoms with Crippen LogP contribution >= 0.6 is 0 Å². The van der Waals surface area contributed by atoms with E-state index in [-0.39, 0.29) is 17.9 Å². The van der Waals surface area contributed by atoms with E-state index in [0.717, 1.165) is 32.5 Å². The zero-order valence-electron chi connectivity index (χ0n) is 15.7. The molecule has 1 aromatic rings. The van der Waals surface area contributed by atoms with Gasteiger partial charge in [-0.15, -0.1) is 0 Å². The third-order valence-electron chi connectivity index (χ3n) is 5.25. The van der Waals surface area contributed by atoms with Crippen LogP contribution in [-0.2, 0) is 14.3 Å². The lowest BCUT2D eigenvalue weighted by Crippen LogP contribution is -2.47. The maximum atomic E-state index is 12.6. The lowest BCUT2D eigenvalue weighted by molar-refractivity contribution is -0.138. The number of benzene rings is 1. The number of amides is 2. The molecule has 2 fully saturated rings. The Labute approximate surface area is 155 Å². The van der Waals surface area contributed by atoms with Crippen LogP contribution in [0.2, 0.25) is 0 Å². The van der Waals surface area contributed by atoms with Crippen molar-refractivity contribution in [2.75, 3.05) is 36.5 Å². The summed E-state index contributed by atoms with van der Waals surface area (Å²) >= 11 is 0. The van der Waals surface area contributed by atoms with Gasteiger partial charge < -0.3 is 20.3 Å². The third-order valence-corrected chi connectivity index (χ3v) is 5.25. The van der Waals surface area contributed by atoms with Gasteiger partial charge in [-0.2, -0.15) is 0 Å². The Balaban J connectivity index is 1.54. The molecule has 0 aromatic heterocycles. The van der Waals surface area contributed by atoms with Crippen molar-refractivity contribution in [3.8, 4) is 0 Å². The summed E-state index contributed by atoms with van der Waals surface area (Å²) in [5.74, 6) is -0.588. The van der Waals surface area contributed by atoms with Crippen molar-refractivity contribution in [3.63, 3.8) is 0 Å². The monoisotopic (exact) mass is 359 g/mol. The van der Waals surface area contributed by atoms with Crippen LogP contribution in [0.5, 0.6) is 0 Å². The van der Waals surface area contributed by atoms with Crippen LogP contribution in [-0.4, -0.2) is 44.2 Å². The summed E-state index contributed by atoms with van der Waals surface area (Å²) in [4.78, 5) is 27.4. The average Bonchev–Trinajstić information content (AvgIpc) is 3.34. The summed E-state index contributed by atoms with van der Waals surface area (Å²) in [5, 5.41) is 5.71. The summed E-state index contributed by atoms with van der Waals surface area (Å²) < 4.78 is 5.51. The van der Waals surface area contributed by atoms with Crippen molar-refractivity contribution < 1.29 is 14.3 Å². The predicted molar refractivity (Wildman–Crippen MR) is 102 cm³/mol. The third kappa shape index (κ3) is 4.36. The maximum absolute atomic E-state index is 12.6. The zero-order chi connectivity index (χ0) is 18.6. The molecule has 0 spiro atoms. The SMILES string of the molecule is CC(C)(C(=O)NCC1CCCO1)C(=O)Nc1ccc(N2CCCC2)cc1. The summed E-state index contributed by atoms with van der Waals surface area (Å²) in [6.45, 7) is 6.67. The molecule has 6 nitrogen and oxygen atoms in total. The lowest BCUT2D eigenvalue weighted by atomic mass is 9.90. The number of carbonyl (C=O) groups is 2. The summed E-state index contributed by atoms with van der Waals surface area (Å²) in [5.41, 5.74) is 0.735. The first-order chi connectivity index (χ1) is 12.5. The molecular weight excluding hydrogens is 330 g/mol. The molecule has 0 aliphatic carbocycles. The van der Waals surface area contributed by atoms with E-state index in [0.29, 0.717) is 12.2 Å². The standard InChI is InChI=1S/C20H29N3O3/c1-20(2,18(24)21-14-17-6-5-13-26-17)19(25)22-15-7-9-16(10-8-15)23-11-3-4-12-23/h7-10,17H,3-6,11-14H2,1-2H3,(H,21,24)(H,22,25). The van der Waals surface area contributed by atoms with Crippen LogP contribution in [0.15, 0.2) is 24.3 Å². The highest BCUT2D eigenvalue weighted by Crippen LogP contribution is 2.24. The smallest absolute Gasteiger partial charge is 0.239 e. The predicted octanol–water partition coefficient (Wildman–Crippen LogP) is 2.55. The van der Waals surface area contributed by atoms with Crippen molar-refractivity contribution in [1.29, 1.82) is 0 Å². The molecule has 1 atom stereocenters. The minimum absolute atomic E-state index is 0.0657. The molecule has 0 radical (unpaired) electrons. The zero-order valence-corrected chi connectivity index (χ0v) is 15.7. The fraction of sp³-hybridized carbons (Fsp3) is 0.600. The van der Waals surface area contributed by atoms with Gasteiger partial charge in [0.15, 0.2) is 0 Å². The van der Waals surface area contributed by atoms with Crippen LogP contribution < -0.4 is 15.5 Å².